The Bertz CT molecular complexity index is 3510. The van der Waals surface area contributed by atoms with Gasteiger partial charge in [0.1, 0.15) is 28.3 Å². The number of ketones is 1. The van der Waals surface area contributed by atoms with E-state index >= 15 is 0 Å². The molecule has 6 heterocycles. The van der Waals surface area contributed by atoms with Gasteiger partial charge < -0.3 is 66.8 Å². The third-order valence-corrected chi connectivity index (χ3v) is 20.9. The molecule has 0 saturated carbocycles. The van der Waals surface area contributed by atoms with E-state index in [4.69, 9.17) is 47.9 Å². The molecule has 6 aliphatic rings. The van der Waals surface area contributed by atoms with Crippen LogP contribution in [0.1, 0.15) is 171 Å². The molecule has 8 rings (SSSR count). The first kappa shape index (κ1) is 91.2. The Morgan fingerprint density at radius 3 is 1.05 bits per heavy atom. The molecule has 0 bridgehead atoms. The molecule has 0 aliphatic carbocycles. The maximum Gasteiger partial charge on any atom is 0.534 e. The highest BCUT2D eigenvalue weighted by molar-refractivity contribution is 8.11. The number of benzene rings is 2. The molecule has 3 amide bonds. The number of nitrogen functional groups attached to an aromatic ring is 1. The zero-order chi connectivity index (χ0) is 79.8. The van der Waals surface area contributed by atoms with Gasteiger partial charge in [0.15, 0.2) is 0 Å². The molecule has 6 aliphatic heterocycles. The minimum absolute atomic E-state index is 0.00806. The van der Waals surface area contributed by atoms with Crippen molar-refractivity contribution in [2.75, 3.05) is 48.7 Å². The van der Waals surface area contributed by atoms with Crippen molar-refractivity contribution in [1.29, 1.82) is 0 Å². The summed E-state index contributed by atoms with van der Waals surface area (Å²) in [4.78, 5) is 50.7. The lowest BCUT2D eigenvalue weighted by Gasteiger charge is -2.32. The second kappa shape index (κ2) is 33.4. The van der Waals surface area contributed by atoms with E-state index in [0.717, 1.165) is 41.9 Å². The lowest BCUT2D eigenvalue weighted by molar-refractivity contribution is -0.121. The van der Waals surface area contributed by atoms with E-state index in [2.05, 4.69) is 4.18 Å². The van der Waals surface area contributed by atoms with Crippen LogP contribution >= 0.6 is 0 Å². The summed E-state index contributed by atoms with van der Waals surface area (Å²) in [5.74, 6) is -0.114. The van der Waals surface area contributed by atoms with Crippen LogP contribution in [0, 0.1) is 0 Å². The molecular formula is C63H97B3F9N5O20S3. The van der Waals surface area contributed by atoms with E-state index in [1.807, 2.05) is 161 Å². The summed E-state index contributed by atoms with van der Waals surface area (Å²) in [5.41, 5.74) is -15.7. The van der Waals surface area contributed by atoms with E-state index in [0.29, 0.717) is 51.2 Å². The van der Waals surface area contributed by atoms with Gasteiger partial charge in [0.2, 0.25) is 0 Å². The molecule has 2 N–H and O–H groups in total. The van der Waals surface area contributed by atoms with Crippen molar-refractivity contribution in [3.63, 3.8) is 0 Å². The molecule has 0 unspecified atom stereocenters. The fourth-order valence-corrected chi connectivity index (χ4v) is 11.9. The molecule has 0 atom stereocenters. The van der Waals surface area contributed by atoms with E-state index in [1.165, 1.54) is 4.90 Å². The summed E-state index contributed by atoms with van der Waals surface area (Å²) >= 11 is 0. The minimum atomic E-state index is -6.81. The molecule has 25 nitrogen and oxygen atoms in total. The van der Waals surface area contributed by atoms with Crippen LogP contribution in [-0.2, 0) is 81.3 Å². The summed E-state index contributed by atoms with van der Waals surface area (Å²) in [6, 6.07) is 13.3. The maximum atomic E-state index is 12.4. The van der Waals surface area contributed by atoms with Crippen LogP contribution in [-0.4, -0.2) is 191 Å². The predicted octanol–water partition coefficient (Wildman–Crippen LogP) is 12.9. The van der Waals surface area contributed by atoms with Crippen LogP contribution in [0.3, 0.4) is 0 Å². The second-order valence-corrected chi connectivity index (χ2v) is 35.3. The molecule has 4 saturated heterocycles. The highest BCUT2D eigenvalue weighted by Gasteiger charge is 2.65. The average Bonchev–Trinajstić information content (AvgIpc) is 1.03. The molecule has 0 radical (unpaired) electrons. The molecule has 103 heavy (non-hydrogen) atoms. The Morgan fingerprint density at radius 1 is 0.456 bits per heavy atom. The Kier molecular flexibility index (Phi) is 29.6. The summed E-state index contributed by atoms with van der Waals surface area (Å²) in [6.45, 7) is 42.6. The largest absolute Gasteiger partial charge is 0.534 e. The van der Waals surface area contributed by atoms with Gasteiger partial charge in [0, 0.05) is 64.2 Å². The van der Waals surface area contributed by atoms with Crippen LogP contribution in [0.15, 0.2) is 84.0 Å². The quantitative estimate of drug-likeness (QED) is 0.0672. The highest BCUT2D eigenvalue weighted by Crippen LogP contribution is 2.44. The Balaban J connectivity index is 0.000000328. The number of piperidine rings is 1. The van der Waals surface area contributed by atoms with Crippen molar-refractivity contribution in [3.8, 4) is 0 Å². The number of nitrogens with two attached hydrogens (primary N) is 1. The van der Waals surface area contributed by atoms with Gasteiger partial charge in [0.25, 0.3) is 0 Å². The number of alkyl halides is 9. The lowest BCUT2D eigenvalue weighted by atomic mass is 9.49. The van der Waals surface area contributed by atoms with Crippen molar-refractivity contribution in [2.24, 2.45) is 0 Å². The number of rotatable bonds is 7. The number of para-hydroxylation sites is 2. The normalized spacial score (nSPS) is 20.2. The first-order chi connectivity index (χ1) is 46.1. The summed E-state index contributed by atoms with van der Waals surface area (Å²) < 4.78 is 231. The Hall–Kier alpha value is -6.03. The third kappa shape index (κ3) is 26.2. The number of Topliss-reactive ketones (excluding diaryl/α,β-unsaturated/α-hetero) is 1. The van der Waals surface area contributed by atoms with Gasteiger partial charge in [-0.1, -0.05) is 42.5 Å². The van der Waals surface area contributed by atoms with Crippen molar-refractivity contribution in [3.05, 3.63) is 84.0 Å². The van der Waals surface area contributed by atoms with Crippen molar-refractivity contribution in [2.45, 2.75) is 238 Å². The Labute approximate surface area is 599 Å². The monoisotopic (exact) mass is 1540 g/mol. The maximum absolute atomic E-state index is 12.4. The second-order valence-electron chi connectivity index (χ2n) is 30.0. The van der Waals surface area contributed by atoms with Gasteiger partial charge in [-0.05, 0) is 188 Å². The van der Waals surface area contributed by atoms with Crippen LogP contribution in [0.2, 0.25) is 0 Å². The summed E-state index contributed by atoms with van der Waals surface area (Å²) in [7, 11) is -20.5. The van der Waals surface area contributed by atoms with E-state index in [9.17, 15) is 83.9 Å². The summed E-state index contributed by atoms with van der Waals surface area (Å²) in [6.07, 6.45) is 3.44. The van der Waals surface area contributed by atoms with Crippen molar-refractivity contribution < 1.29 is 130 Å². The number of anilines is 2. The fourth-order valence-electron chi connectivity index (χ4n) is 8.65. The number of halogens is 9. The number of ether oxygens (including phenoxy) is 3. The lowest BCUT2D eigenvalue weighted by Crippen LogP contribution is -2.49. The van der Waals surface area contributed by atoms with Gasteiger partial charge in [-0.25, -0.2) is 14.4 Å². The van der Waals surface area contributed by atoms with Crippen LogP contribution in [0.25, 0.3) is 0 Å². The van der Waals surface area contributed by atoms with Gasteiger partial charge in [-0.15, -0.1) is 3.71 Å². The number of hydrogen-bond acceptors (Lipinski definition) is 21. The number of amides is 3. The molecule has 4 fully saturated rings. The molecular weight excluding hydrogens is 1450 g/mol. The molecule has 2 aromatic carbocycles. The van der Waals surface area contributed by atoms with Crippen LogP contribution in [0.5, 0.6) is 0 Å². The van der Waals surface area contributed by atoms with Gasteiger partial charge >= 0.3 is 86.1 Å². The van der Waals surface area contributed by atoms with Crippen LogP contribution in [0.4, 0.5) is 65.3 Å². The number of likely N-dealkylation sites (tertiary alicyclic amines) is 1. The van der Waals surface area contributed by atoms with Gasteiger partial charge in [0.05, 0.1) is 39.3 Å². The molecule has 0 aromatic heterocycles. The first-order valence-electron chi connectivity index (χ1n) is 32.3. The molecule has 584 valence electrons. The standard InChI is InChI=1S/C16H28BNO4.C12H24B2O4.C11H16F3NO5S.C10H17NO3.C8H5F6NO4S2.C6H7N/c1-14(2,3)20-13(19)18-10-8-12(9-11-18)17-21-15(4,5)16(6,7)22-17;1-9(2)10(3,4)16-13(15-9)14-17-11(5,6)12(7,8)18-14;1-10(2,3)19-9(16)15-6-4-8(5-7-15)20-21(17,18)11(12,13)14;1-10(2,3)14-9(13)11-6-4-8(12)5-7-11;9-7(10,11)20(16,17)15(6-4-2-1-3-5-6)21(18,19)8(12,13)14;7-6-4-2-1-3-5-6/h8H,9-11H2,1-7H3;1-8H3;4H,5-7H2,1-3H3;4-7H2,1-3H3;1-5H;1-5H,7H2. The van der Waals surface area contributed by atoms with Gasteiger partial charge in [-0.3, -0.25) is 4.79 Å². The summed E-state index contributed by atoms with van der Waals surface area (Å²) in [5, 5.41) is 0. The number of hydrogen-bond donors (Lipinski definition) is 1. The third-order valence-electron chi connectivity index (χ3n) is 16.3. The van der Waals surface area contributed by atoms with Gasteiger partial charge in [-0.2, -0.15) is 64.8 Å². The van der Waals surface area contributed by atoms with E-state index in [-0.39, 0.29) is 84.0 Å². The zero-order valence-corrected chi connectivity index (χ0v) is 64.3. The predicted molar refractivity (Wildman–Crippen MR) is 367 cm³/mol. The van der Waals surface area contributed by atoms with E-state index in [1.54, 1.807) is 30.6 Å². The molecule has 0 spiro atoms. The zero-order valence-electron chi connectivity index (χ0n) is 61.9. The van der Waals surface area contributed by atoms with Crippen molar-refractivity contribution in [1.82, 2.24) is 14.7 Å². The average molecular weight is 1540 g/mol. The SMILES string of the molecule is CC(C)(C)OC(=O)N1CC=C(B2OC(C)(C)C(C)(C)O2)CC1.CC(C)(C)OC(=O)N1CC=C(OS(=O)(=O)C(F)(F)F)CC1.CC(C)(C)OC(=O)N1CCC(=O)CC1.CC1(C)OB(B2OC(C)(C)C(C)(C)O2)OC1(C)C.Nc1ccccc1.O=S(=O)(N(c1ccccc1)S(=O)(=O)C(F)(F)F)C(F)(F)F. The molecule has 2 aromatic rings. The van der Waals surface area contributed by atoms with E-state index < -0.39 is 93.0 Å². The molecule has 40 heteroatoms. The number of sulfonamides is 2. The smallest absolute Gasteiger partial charge is 0.444 e. The number of carbonyl (C=O) groups excluding carboxylic acids is 4. The first-order valence-corrected chi connectivity index (χ1v) is 36.6. The number of nitrogens with zero attached hydrogens (tertiary/aromatic N) is 4. The highest BCUT2D eigenvalue weighted by atomic mass is 32.3. The minimum Gasteiger partial charge on any atom is -0.444 e. The fraction of sp³-hybridized carbons (Fsp3) is 0.683. The Morgan fingerprint density at radius 2 is 0.767 bits per heavy atom. The van der Waals surface area contributed by atoms with Crippen LogP contribution < -0.4 is 9.44 Å². The van der Waals surface area contributed by atoms with Crippen molar-refractivity contribution >= 4 is 86.7 Å². The number of carbonyl (C=O) groups is 4. The topological polar surface area (TPSA) is 302 Å².